The summed E-state index contributed by atoms with van der Waals surface area (Å²) in [6, 6.07) is 17.8. The van der Waals surface area contributed by atoms with Gasteiger partial charge in [0.15, 0.2) is 5.82 Å². The van der Waals surface area contributed by atoms with Gasteiger partial charge in [-0.3, -0.25) is 0 Å². The van der Waals surface area contributed by atoms with E-state index in [-0.39, 0.29) is 0 Å². The number of fused-ring (bicyclic) bond motifs is 1. The van der Waals surface area contributed by atoms with E-state index in [0.29, 0.717) is 10.8 Å². The molecular formula is C20H17ClN4. The van der Waals surface area contributed by atoms with Crippen LogP contribution in [0.25, 0.3) is 22.4 Å². The second-order valence-electron chi connectivity index (χ2n) is 6.06. The molecule has 0 atom stereocenters. The average molecular weight is 349 g/mol. The standard InChI is InChI=1S/C20H17ClN4/c1-12-8-9-15(21)11-17(12)23-20-16-10-13(2)22-19(16)24-18(25-20)14-6-4-3-5-7-14/h3-11H,1-2H3,(H2,22,23,24,25). The Morgan fingerprint density at radius 3 is 2.56 bits per heavy atom. The van der Waals surface area contributed by atoms with Crippen molar-refractivity contribution in [1.82, 2.24) is 15.0 Å². The topological polar surface area (TPSA) is 53.6 Å². The zero-order chi connectivity index (χ0) is 17.4. The molecule has 0 fully saturated rings. The molecule has 5 heteroatoms. The Bertz CT molecular complexity index is 1050. The van der Waals surface area contributed by atoms with Crippen LogP contribution < -0.4 is 5.32 Å². The van der Waals surface area contributed by atoms with Crippen molar-refractivity contribution in [3.05, 3.63) is 70.9 Å². The number of hydrogen-bond acceptors (Lipinski definition) is 3. The van der Waals surface area contributed by atoms with Crippen LogP contribution in [0.15, 0.2) is 54.6 Å². The van der Waals surface area contributed by atoms with Crippen molar-refractivity contribution in [3.8, 4) is 11.4 Å². The number of H-pyrrole nitrogens is 1. The van der Waals surface area contributed by atoms with Crippen molar-refractivity contribution in [2.45, 2.75) is 13.8 Å². The van der Waals surface area contributed by atoms with Crippen molar-refractivity contribution in [1.29, 1.82) is 0 Å². The first kappa shape index (κ1) is 15.7. The van der Waals surface area contributed by atoms with Gasteiger partial charge in [-0.25, -0.2) is 9.97 Å². The summed E-state index contributed by atoms with van der Waals surface area (Å²) in [6.07, 6.45) is 0. The van der Waals surface area contributed by atoms with Crippen LogP contribution in [0.5, 0.6) is 0 Å². The molecule has 4 aromatic rings. The second-order valence-corrected chi connectivity index (χ2v) is 6.50. The zero-order valence-electron chi connectivity index (χ0n) is 14.0. The van der Waals surface area contributed by atoms with Crippen LogP contribution in [0, 0.1) is 13.8 Å². The maximum absolute atomic E-state index is 6.15. The largest absolute Gasteiger partial charge is 0.343 e. The SMILES string of the molecule is Cc1cc2c(Nc3cc(Cl)ccc3C)nc(-c3ccccc3)nc2[nH]1. The molecule has 2 aromatic carbocycles. The van der Waals surface area contributed by atoms with Crippen LogP contribution in [0.4, 0.5) is 11.5 Å². The summed E-state index contributed by atoms with van der Waals surface area (Å²) in [4.78, 5) is 12.7. The number of aromatic amines is 1. The van der Waals surface area contributed by atoms with E-state index in [9.17, 15) is 0 Å². The lowest BCUT2D eigenvalue weighted by Crippen LogP contribution is -2.00. The van der Waals surface area contributed by atoms with Crippen LogP contribution in [-0.2, 0) is 0 Å². The predicted molar refractivity (Wildman–Crippen MR) is 104 cm³/mol. The van der Waals surface area contributed by atoms with E-state index in [1.54, 1.807) is 0 Å². The third-order valence-corrected chi connectivity index (χ3v) is 4.34. The second kappa shape index (κ2) is 6.22. The molecule has 0 saturated heterocycles. The number of hydrogen-bond donors (Lipinski definition) is 2. The van der Waals surface area contributed by atoms with Crippen molar-refractivity contribution < 1.29 is 0 Å². The summed E-state index contributed by atoms with van der Waals surface area (Å²) >= 11 is 6.15. The molecule has 25 heavy (non-hydrogen) atoms. The Labute approximate surface area is 150 Å². The van der Waals surface area contributed by atoms with Gasteiger partial charge in [-0.1, -0.05) is 48.0 Å². The highest BCUT2D eigenvalue weighted by molar-refractivity contribution is 6.30. The molecule has 0 unspecified atom stereocenters. The van der Waals surface area contributed by atoms with E-state index in [1.807, 2.05) is 68.4 Å². The number of anilines is 2. The van der Waals surface area contributed by atoms with Crippen LogP contribution in [0.2, 0.25) is 5.02 Å². The third kappa shape index (κ3) is 3.08. The lowest BCUT2D eigenvalue weighted by Gasteiger charge is -2.11. The van der Waals surface area contributed by atoms with E-state index in [0.717, 1.165) is 39.4 Å². The van der Waals surface area contributed by atoms with Gasteiger partial charge in [-0.2, -0.15) is 0 Å². The minimum atomic E-state index is 0.678. The predicted octanol–water partition coefficient (Wildman–Crippen LogP) is 5.64. The number of halogens is 1. The molecule has 0 saturated carbocycles. The highest BCUT2D eigenvalue weighted by Gasteiger charge is 2.12. The van der Waals surface area contributed by atoms with Gasteiger partial charge >= 0.3 is 0 Å². The number of rotatable bonds is 3. The first-order valence-corrected chi connectivity index (χ1v) is 8.44. The Morgan fingerprint density at radius 2 is 1.76 bits per heavy atom. The lowest BCUT2D eigenvalue weighted by molar-refractivity contribution is 1.19. The molecule has 2 aromatic heterocycles. The Balaban J connectivity index is 1.88. The molecule has 0 aliphatic rings. The van der Waals surface area contributed by atoms with Crippen molar-refractivity contribution in [2.75, 3.05) is 5.32 Å². The van der Waals surface area contributed by atoms with E-state index in [2.05, 4.69) is 15.3 Å². The molecular weight excluding hydrogens is 332 g/mol. The Hall–Kier alpha value is -2.85. The van der Waals surface area contributed by atoms with Gasteiger partial charge in [0.25, 0.3) is 0 Å². The van der Waals surface area contributed by atoms with Crippen LogP contribution >= 0.6 is 11.6 Å². The van der Waals surface area contributed by atoms with Gasteiger partial charge in [-0.05, 0) is 37.6 Å². The van der Waals surface area contributed by atoms with Crippen LogP contribution in [-0.4, -0.2) is 15.0 Å². The summed E-state index contributed by atoms with van der Waals surface area (Å²) < 4.78 is 0. The minimum absolute atomic E-state index is 0.678. The van der Waals surface area contributed by atoms with E-state index in [4.69, 9.17) is 16.6 Å². The third-order valence-electron chi connectivity index (χ3n) is 4.11. The quantitative estimate of drug-likeness (QED) is 0.503. The molecule has 2 N–H and O–H groups in total. The number of aryl methyl sites for hydroxylation is 2. The van der Waals surface area contributed by atoms with Gasteiger partial charge in [0.05, 0.1) is 5.39 Å². The van der Waals surface area contributed by atoms with E-state index >= 15 is 0 Å². The number of nitrogens with one attached hydrogen (secondary N) is 2. The molecule has 0 spiro atoms. The summed E-state index contributed by atoms with van der Waals surface area (Å²) in [5, 5.41) is 5.07. The van der Waals surface area contributed by atoms with Crippen LogP contribution in [0.1, 0.15) is 11.3 Å². The van der Waals surface area contributed by atoms with Gasteiger partial charge in [0.2, 0.25) is 0 Å². The Morgan fingerprint density at radius 1 is 0.960 bits per heavy atom. The molecule has 4 nitrogen and oxygen atoms in total. The van der Waals surface area contributed by atoms with Gasteiger partial charge in [-0.15, -0.1) is 0 Å². The molecule has 0 aliphatic heterocycles. The molecule has 4 rings (SSSR count). The molecule has 0 aliphatic carbocycles. The number of aromatic nitrogens is 3. The lowest BCUT2D eigenvalue weighted by atomic mass is 10.2. The highest BCUT2D eigenvalue weighted by atomic mass is 35.5. The smallest absolute Gasteiger partial charge is 0.163 e. The maximum Gasteiger partial charge on any atom is 0.163 e. The van der Waals surface area contributed by atoms with E-state index in [1.165, 1.54) is 0 Å². The fourth-order valence-corrected chi connectivity index (χ4v) is 2.98. The fraction of sp³-hybridized carbons (Fsp3) is 0.100. The molecule has 124 valence electrons. The first-order valence-electron chi connectivity index (χ1n) is 8.06. The summed E-state index contributed by atoms with van der Waals surface area (Å²) in [6.45, 7) is 4.05. The van der Waals surface area contributed by atoms with Gasteiger partial charge < -0.3 is 10.3 Å². The van der Waals surface area contributed by atoms with Gasteiger partial charge in [0.1, 0.15) is 11.5 Å². The zero-order valence-corrected chi connectivity index (χ0v) is 14.7. The monoisotopic (exact) mass is 348 g/mol. The highest BCUT2D eigenvalue weighted by Crippen LogP contribution is 2.30. The van der Waals surface area contributed by atoms with Crippen molar-refractivity contribution in [3.63, 3.8) is 0 Å². The number of benzene rings is 2. The molecule has 0 bridgehead atoms. The maximum atomic E-state index is 6.15. The minimum Gasteiger partial charge on any atom is -0.343 e. The summed E-state index contributed by atoms with van der Waals surface area (Å²) in [5.74, 6) is 1.44. The number of nitrogens with zero attached hydrogens (tertiary/aromatic N) is 2. The van der Waals surface area contributed by atoms with E-state index < -0.39 is 0 Å². The fourth-order valence-electron chi connectivity index (χ4n) is 2.81. The summed E-state index contributed by atoms with van der Waals surface area (Å²) in [5.41, 5.74) is 4.87. The Kier molecular flexibility index (Phi) is 3.90. The summed E-state index contributed by atoms with van der Waals surface area (Å²) in [7, 11) is 0. The van der Waals surface area contributed by atoms with Crippen molar-refractivity contribution in [2.24, 2.45) is 0 Å². The molecule has 0 radical (unpaired) electrons. The van der Waals surface area contributed by atoms with Crippen molar-refractivity contribution >= 4 is 34.1 Å². The molecule has 0 amide bonds. The molecule has 2 heterocycles. The van der Waals surface area contributed by atoms with Gasteiger partial charge in [0, 0.05) is 22.0 Å². The first-order chi connectivity index (χ1) is 12.1. The van der Waals surface area contributed by atoms with Crippen LogP contribution in [0.3, 0.4) is 0 Å². The average Bonchev–Trinajstić information content (AvgIpc) is 2.99. The normalized spacial score (nSPS) is 11.0.